The summed E-state index contributed by atoms with van der Waals surface area (Å²) in [4.78, 5) is 12.5. The zero-order chi connectivity index (χ0) is 13.0. The molecule has 1 atom stereocenters. The Hall–Kier alpha value is -0.960. The Kier molecular flexibility index (Phi) is 4.70. The van der Waals surface area contributed by atoms with Crippen molar-refractivity contribution in [2.75, 3.05) is 0 Å². The number of hydrogen-bond donors (Lipinski definition) is 1. The van der Waals surface area contributed by atoms with Crippen LogP contribution in [-0.4, -0.2) is 16.3 Å². The quantitative estimate of drug-likeness (QED) is 0.831. The van der Waals surface area contributed by atoms with E-state index in [0.717, 1.165) is 17.7 Å². The van der Waals surface area contributed by atoms with Crippen molar-refractivity contribution < 1.29 is 9.90 Å². The molecule has 1 aliphatic carbocycles. The molecule has 1 aliphatic rings. The van der Waals surface area contributed by atoms with Gasteiger partial charge in [-0.05, 0) is 37.8 Å². The van der Waals surface area contributed by atoms with E-state index < -0.39 is 5.97 Å². The molecule has 0 spiro atoms. The fourth-order valence-corrected chi connectivity index (χ4v) is 3.89. The topological polar surface area (TPSA) is 37.3 Å². The maximum Gasteiger partial charge on any atom is 0.317 e. The fraction of sp³-hybridized carbons (Fsp3) is 0.533. The third-order valence-corrected chi connectivity index (χ3v) is 4.94. The molecule has 1 saturated carbocycles. The number of hydrogen-bond acceptors (Lipinski definition) is 2. The van der Waals surface area contributed by atoms with Crippen LogP contribution in [0.1, 0.15) is 37.7 Å². The second-order valence-corrected chi connectivity index (χ2v) is 6.31. The monoisotopic (exact) mass is 264 g/mol. The second kappa shape index (κ2) is 6.28. The van der Waals surface area contributed by atoms with E-state index in [1.165, 1.54) is 36.6 Å². The van der Waals surface area contributed by atoms with Gasteiger partial charge in [0, 0.05) is 4.90 Å². The van der Waals surface area contributed by atoms with Gasteiger partial charge in [0.2, 0.25) is 0 Å². The molecule has 0 radical (unpaired) electrons. The number of aryl methyl sites for hydroxylation is 1. The average Bonchev–Trinajstić information content (AvgIpc) is 2.37. The van der Waals surface area contributed by atoms with Gasteiger partial charge in [-0.15, -0.1) is 11.8 Å². The van der Waals surface area contributed by atoms with Crippen LogP contribution in [0, 0.1) is 12.8 Å². The van der Waals surface area contributed by atoms with Crippen LogP contribution < -0.4 is 0 Å². The molecular formula is C15H20O2S. The predicted molar refractivity (Wildman–Crippen MR) is 75.0 cm³/mol. The van der Waals surface area contributed by atoms with Crippen molar-refractivity contribution in [1.82, 2.24) is 0 Å². The summed E-state index contributed by atoms with van der Waals surface area (Å²) in [5.74, 6) is -0.324. The molecule has 0 amide bonds. The van der Waals surface area contributed by atoms with E-state index in [4.69, 9.17) is 0 Å². The third kappa shape index (κ3) is 3.52. The molecule has 1 unspecified atom stereocenters. The summed E-state index contributed by atoms with van der Waals surface area (Å²) in [6.07, 6.45) is 5.76. The first-order valence-corrected chi connectivity index (χ1v) is 7.51. The summed E-state index contributed by atoms with van der Waals surface area (Å²) in [7, 11) is 0. The third-order valence-electron chi connectivity index (χ3n) is 3.57. The van der Waals surface area contributed by atoms with Crippen molar-refractivity contribution in [2.45, 2.75) is 49.2 Å². The normalized spacial score (nSPS) is 18.5. The molecule has 0 saturated heterocycles. The molecule has 0 heterocycles. The van der Waals surface area contributed by atoms with Gasteiger partial charge < -0.3 is 5.11 Å². The van der Waals surface area contributed by atoms with E-state index in [2.05, 4.69) is 6.07 Å². The zero-order valence-electron chi connectivity index (χ0n) is 10.8. The van der Waals surface area contributed by atoms with E-state index in [-0.39, 0.29) is 5.25 Å². The van der Waals surface area contributed by atoms with E-state index in [1.54, 1.807) is 0 Å². The summed E-state index contributed by atoms with van der Waals surface area (Å²) >= 11 is 1.52. The van der Waals surface area contributed by atoms with Crippen molar-refractivity contribution in [3.05, 3.63) is 29.8 Å². The van der Waals surface area contributed by atoms with E-state index in [0.29, 0.717) is 5.92 Å². The summed E-state index contributed by atoms with van der Waals surface area (Å²) in [6.45, 7) is 2.04. The van der Waals surface area contributed by atoms with Crippen LogP contribution in [-0.2, 0) is 4.79 Å². The van der Waals surface area contributed by atoms with Crippen LogP contribution in [0.4, 0.5) is 0 Å². The van der Waals surface area contributed by atoms with Crippen molar-refractivity contribution in [1.29, 1.82) is 0 Å². The second-order valence-electron chi connectivity index (χ2n) is 5.09. The van der Waals surface area contributed by atoms with Crippen LogP contribution in [0.3, 0.4) is 0 Å². The maximum atomic E-state index is 11.5. The van der Waals surface area contributed by atoms with Crippen molar-refractivity contribution in [3.63, 3.8) is 0 Å². The molecule has 98 valence electrons. The zero-order valence-corrected chi connectivity index (χ0v) is 11.6. The molecule has 1 N–H and O–H groups in total. The number of carbonyl (C=O) groups is 1. The molecular weight excluding hydrogens is 244 g/mol. The first-order chi connectivity index (χ1) is 8.66. The minimum Gasteiger partial charge on any atom is -0.480 e. The highest BCUT2D eigenvalue weighted by Crippen LogP contribution is 2.36. The number of benzene rings is 1. The smallest absolute Gasteiger partial charge is 0.317 e. The van der Waals surface area contributed by atoms with Gasteiger partial charge in [0.15, 0.2) is 0 Å². The lowest BCUT2D eigenvalue weighted by Crippen LogP contribution is -2.28. The summed E-state index contributed by atoms with van der Waals surface area (Å²) < 4.78 is 0. The van der Waals surface area contributed by atoms with Gasteiger partial charge in [0.1, 0.15) is 5.25 Å². The largest absolute Gasteiger partial charge is 0.480 e. The van der Waals surface area contributed by atoms with Gasteiger partial charge in [0.25, 0.3) is 0 Å². The highest BCUT2D eigenvalue weighted by molar-refractivity contribution is 8.00. The molecule has 3 heteroatoms. The lowest BCUT2D eigenvalue weighted by molar-refractivity contribution is -0.137. The predicted octanol–water partition coefficient (Wildman–Crippen LogP) is 4.12. The van der Waals surface area contributed by atoms with Gasteiger partial charge in [-0.3, -0.25) is 4.79 Å². The fourth-order valence-electron chi connectivity index (χ4n) is 2.62. The van der Waals surface area contributed by atoms with Crippen molar-refractivity contribution in [3.8, 4) is 0 Å². The summed E-state index contributed by atoms with van der Waals surface area (Å²) in [5, 5.41) is 9.15. The number of aliphatic carboxylic acids is 1. The average molecular weight is 264 g/mol. The SMILES string of the molecule is Cc1cccc(SC(C(=O)O)C2CCCCC2)c1. The minimum absolute atomic E-state index is 0.285. The number of thioether (sulfide) groups is 1. The molecule has 1 aromatic carbocycles. The van der Waals surface area contributed by atoms with Gasteiger partial charge in [-0.2, -0.15) is 0 Å². The van der Waals surface area contributed by atoms with Crippen LogP contribution in [0.2, 0.25) is 0 Å². The van der Waals surface area contributed by atoms with E-state index >= 15 is 0 Å². The van der Waals surface area contributed by atoms with Gasteiger partial charge in [0.05, 0.1) is 0 Å². The lowest BCUT2D eigenvalue weighted by Gasteiger charge is -2.27. The first-order valence-electron chi connectivity index (χ1n) is 6.63. The molecule has 2 rings (SSSR count). The molecule has 0 aromatic heterocycles. The first kappa shape index (κ1) is 13.5. The highest BCUT2D eigenvalue weighted by Gasteiger charge is 2.30. The standard InChI is InChI=1S/C15H20O2S/c1-11-6-5-9-13(10-11)18-14(15(16)17)12-7-3-2-4-8-12/h5-6,9-10,12,14H,2-4,7-8H2,1H3,(H,16,17). The Morgan fingerprint density at radius 1 is 1.33 bits per heavy atom. The van der Waals surface area contributed by atoms with Gasteiger partial charge in [-0.1, -0.05) is 37.0 Å². The summed E-state index contributed by atoms with van der Waals surface area (Å²) in [5.41, 5.74) is 1.19. The van der Waals surface area contributed by atoms with Crippen LogP contribution in [0.5, 0.6) is 0 Å². The van der Waals surface area contributed by atoms with Crippen molar-refractivity contribution in [2.24, 2.45) is 5.92 Å². The Labute approximate surface area is 113 Å². The van der Waals surface area contributed by atoms with E-state index in [9.17, 15) is 9.90 Å². The summed E-state index contributed by atoms with van der Waals surface area (Å²) in [6, 6.07) is 8.12. The molecule has 0 bridgehead atoms. The van der Waals surface area contributed by atoms with Crippen LogP contribution in [0.15, 0.2) is 29.2 Å². The van der Waals surface area contributed by atoms with Crippen LogP contribution >= 0.6 is 11.8 Å². The highest BCUT2D eigenvalue weighted by atomic mass is 32.2. The number of carboxylic acid groups (broad SMARTS) is 1. The van der Waals surface area contributed by atoms with Gasteiger partial charge >= 0.3 is 5.97 Å². The molecule has 18 heavy (non-hydrogen) atoms. The molecule has 1 aromatic rings. The molecule has 2 nitrogen and oxygen atoms in total. The molecule has 0 aliphatic heterocycles. The van der Waals surface area contributed by atoms with E-state index in [1.807, 2.05) is 25.1 Å². The number of carboxylic acids is 1. The van der Waals surface area contributed by atoms with Gasteiger partial charge in [-0.25, -0.2) is 0 Å². The van der Waals surface area contributed by atoms with Crippen LogP contribution in [0.25, 0.3) is 0 Å². The Bertz CT molecular complexity index is 411. The molecule has 1 fully saturated rings. The Morgan fingerprint density at radius 3 is 2.67 bits per heavy atom. The minimum atomic E-state index is -0.659. The Balaban J connectivity index is 2.08. The Morgan fingerprint density at radius 2 is 2.06 bits per heavy atom. The maximum absolute atomic E-state index is 11.5. The van der Waals surface area contributed by atoms with Crippen molar-refractivity contribution >= 4 is 17.7 Å². The lowest BCUT2D eigenvalue weighted by atomic mass is 9.87. The number of rotatable bonds is 4.